The van der Waals surface area contributed by atoms with Gasteiger partial charge in [0.1, 0.15) is 12.3 Å². The fraction of sp³-hybridized carbons (Fsp3) is 0.0741. The van der Waals surface area contributed by atoms with Crippen LogP contribution >= 0.6 is 11.3 Å². The lowest BCUT2D eigenvalue weighted by atomic mass is 10.1. The highest BCUT2D eigenvalue weighted by Gasteiger charge is 2.22. The Morgan fingerprint density at radius 2 is 1.56 bits per heavy atom. The first kappa shape index (κ1) is 26.8. The van der Waals surface area contributed by atoms with Gasteiger partial charge in [0.15, 0.2) is 5.96 Å². The molecule has 4 rings (SSSR count). The smallest absolute Gasteiger partial charge is 0.343 e. The molecule has 0 spiro atoms. The molecule has 0 saturated carbocycles. The van der Waals surface area contributed by atoms with Crippen LogP contribution in [0.25, 0.3) is 10.1 Å². The summed E-state index contributed by atoms with van der Waals surface area (Å²) in [5.41, 5.74) is 12.4. The summed E-state index contributed by atoms with van der Waals surface area (Å²) in [6.07, 6.45) is 0. The SMILES string of the molecule is NC(N)=Nc1ccc(C(=O)Oc2ccc3c(C(=O)N(CC(=O)O)Cc4ccc(C(=O)O)cc4)csc3c2)cc1. The van der Waals surface area contributed by atoms with Gasteiger partial charge in [0, 0.05) is 22.0 Å². The average molecular weight is 547 g/mol. The van der Waals surface area contributed by atoms with Crippen molar-refractivity contribution < 1.29 is 34.1 Å². The van der Waals surface area contributed by atoms with Crippen molar-refractivity contribution in [2.24, 2.45) is 16.5 Å². The number of ether oxygens (including phenoxy) is 1. The number of carbonyl (C=O) groups excluding carboxylic acids is 2. The maximum Gasteiger partial charge on any atom is 0.343 e. The maximum absolute atomic E-state index is 13.3. The summed E-state index contributed by atoms with van der Waals surface area (Å²) in [5, 5.41) is 20.6. The summed E-state index contributed by atoms with van der Waals surface area (Å²) in [6, 6.07) is 16.8. The summed E-state index contributed by atoms with van der Waals surface area (Å²) >= 11 is 1.24. The van der Waals surface area contributed by atoms with E-state index in [0.717, 1.165) is 0 Å². The molecule has 0 aliphatic carbocycles. The van der Waals surface area contributed by atoms with Gasteiger partial charge in [-0.1, -0.05) is 12.1 Å². The number of nitrogens with two attached hydrogens (primary N) is 2. The molecule has 11 nitrogen and oxygen atoms in total. The van der Waals surface area contributed by atoms with Crippen LogP contribution < -0.4 is 16.2 Å². The molecule has 39 heavy (non-hydrogen) atoms. The number of thiophene rings is 1. The number of hydrogen-bond acceptors (Lipinski definition) is 7. The molecule has 3 aromatic carbocycles. The van der Waals surface area contributed by atoms with Crippen LogP contribution in [0.5, 0.6) is 5.75 Å². The van der Waals surface area contributed by atoms with Gasteiger partial charge >= 0.3 is 17.9 Å². The zero-order valence-corrected chi connectivity index (χ0v) is 21.1. The molecule has 0 aliphatic rings. The number of aliphatic carboxylic acids is 1. The number of hydrogen-bond donors (Lipinski definition) is 4. The molecule has 4 aromatic rings. The molecule has 1 heterocycles. The van der Waals surface area contributed by atoms with E-state index in [0.29, 0.717) is 26.9 Å². The number of guanidine groups is 1. The first-order valence-corrected chi connectivity index (χ1v) is 12.2. The third-order valence-corrected chi connectivity index (χ3v) is 6.48. The average Bonchev–Trinajstić information content (AvgIpc) is 3.31. The molecule has 0 unspecified atom stereocenters. The molecule has 0 aliphatic heterocycles. The van der Waals surface area contributed by atoms with Crippen molar-refractivity contribution in [3.63, 3.8) is 0 Å². The Hall–Kier alpha value is -5.23. The Morgan fingerprint density at radius 3 is 2.18 bits per heavy atom. The summed E-state index contributed by atoms with van der Waals surface area (Å²) in [5.74, 6) is -3.21. The Labute approximate surface area is 225 Å². The second-order valence-electron chi connectivity index (χ2n) is 8.34. The van der Waals surface area contributed by atoms with E-state index in [2.05, 4.69) is 4.99 Å². The number of nitrogens with zero attached hydrogens (tertiary/aromatic N) is 2. The minimum Gasteiger partial charge on any atom is -0.480 e. The number of carboxylic acids is 2. The Kier molecular flexibility index (Phi) is 7.87. The number of amides is 1. The zero-order chi connectivity index (χ0) is 28.1. The highest BCUT2D eigenvalue weighted by molar-refractivity contribution is 7.17. The maximum atomic E-state index is 13.3. The summed E-state index contributed by atoms with van der Waals surface area (Å²) in [4.78, 5) is 53.5. The molecular formula is C27H22N4O7S. The molecule has 1 amide bonds. The van der Waals surface area contributed by atoms with E-state index in [9.17, 15) is 24.3 Å². The largest absolute Gasteiger partial charge is 0.480 e. The standard InChI is InChI=1S/C27H22N4O7S/c28-27(29)30-18-7-5-17(6-8-18)26(37)38-19-9-10-20-21(14-39-22(20)11-19)24(34)31(13-23(32)33)12-15-1-3-16(4-2-15)25(35)36/h1-11,14H,12-13H2,(H,32,33)(H,35,36)(H4,28,29,30). The van der Waals surface area contributed by atoms with E-state index in [1.807, 2.05) is 0 Å². The number of rotatable bonds is 9. The minimum atomic E-state index is -1.19. The molecule has 12 heteroatoms. The van der Waals surface area contributed by atoms with Crippen LogP contribution in [0.4, 0.5) is 5.69 Å². The van der Waals surface area contributed by atoms with Crippen LogP contribution in [0.3, 0.4) is 0 Å². The molecule has 198 valence electrons. The summed E-state index contributed by atoms with van der Waals surface area (Å²) in [7, 11) is 0. The van der Waals surface area contributed by atoms with Gasteiger partial charge < -0.3 is 31.3 Å². The van der Waals surface area contributed by atoms with E-state index in [4.69, 9.17) is 21.3 Å². The summed E-state index contributed by atoms with van der Waals surface area (Å²) in [6.45, 7) is -0.575. The van der Waals surface area contributed by atoms with Crippen LogP contribution in [0.1, 0.15) is 36.6 Å². The third-order valence-electron chi connectivity index (χ3n) is 5.54. The van der Waals surface area contributed by atoms with Gasteiger partial charge in [-0.15, -0.1) is 11.3 Å². The van der Waals surface area contributed by atoms with Gasteiger partial charge in [0.05, 0.1) is 22.4 Å². The molecule has 0 radical (unpaired) electrons. The van der Waals surface area contributed by atoms with Gasteiger partial charge in [-0.2, -0.15) is 0 Å². The Balaban J connectivity index is 1.52. The first-order valence-electron chi connectivity index (χ1n) is 11.4. The van der Waals surface area contributed by atoms with Crippen molar-refractivity contribution in [3.05, 3.63) is 94.4 Å². The molecule has 0 saturated heterocycles. The number of benzene rings is 3. The minimum absolute atomic E-state index is 0.0277. The van der Waals surface area contributed by atoms with Crippen LogP contribution in [0.2, 0.25) is 0 Å². The molecule has 0 fully saturated rings. The van der Waals surface area contributed by atoms with Gasteiger partial charge in [-0.05, 0) is 60.2 Å². The van der Waals surface area contributed by atoms with Crippen molar-refractivity contribution in [2.45, 2.75) is 6.54 Å². The normalized spacial score (nSPS) is 10.6. The lowest BCUT2D eigenvalue weighted by Gasteiger charge is -2.21. The van der Waals surface area contributed by atoms with Crippen molar-refractivity contribution in [1.82, 2.24) is 4.90 Å². The quantitative estimate of drug-likeness (QED) is 0.106. The van der Waals surface area contributed by atoms with E-state index < -0.39 is 30.4 Å². The second-order valence-corrected chi connectivity index (χ2v) is 9.25. The highest BCUT2D eigenvalue weighted by Crippen LogP contribution is 2.31. The van der Waals surface area contributed by atoms with Gasteiger partial charge in [-0.25, -0.2) is 14.6 Å². The Morgan fingerprint density at radius 1 is 0.897 bits per heavy atom. The monoisotopic (exact) mass is 546 g/mol. The lowest BCUT2D eigenvalue weighted by molar-refractivity contribution is -0.137. The number of fused-ring (bicyclic) bond motifs is 1. The molecular weight excluding hydrogens is 524 g/mol. The third kappa shape index (κ3) is 6.56. The van der Waals surface area contributed by atoms with Gasteiger partial charge in [0.2, 0.25) is 0 Å². The van der Waals surface area contributed by atoms with Crippen molar-refractivity contribution in [1.29, 1.82) is 0 Å². The van der Waals surface area contributed by atoms with Crippen molar-refractivity contribution >= 4 is 56.9 Å². The molecule has 1 aromatic heterocycles. The number of carboxylic acid groups (broad SMARTS) is 2. The zero-order valence-electron chi connectivity index (χ0n) is 20.2. The van der Waals surface area contributed by atoms with E-state index in [1.165, 1.54) is 52.6 Å². The van der Waals surface area contributed by atoms with Crippen LogP contribution in [-0.4, -0.2) is 51.4 Å². The molecule has 6 N–H and O–H groups in total. The lowest BCUT2D eigenvalue weighted by Crippen LogP contribution is -2.35. The fourth-order valence-electron chi connectivity index (χ4n) is 3.73. The number of carbonyl (C=O) groups is 4. The fourth-order valence-corrected chi connectivity index (χ4v) is 4.69. The van der Waals surface area contributed by atoms with E-state index in [-0.39, 0.29) is 29.4 Å². The highest BCUT2D eigenvalue weighted by atomic mass is 32.1. The first-order chi connectivity index (χ1) is 18.6. The number of aliphatic imine (C=N–C) groups is 1. The van der Waals surface area contributed by atoms with Gasteiger partial charge in [0.25, 0.3) is 5.91 Å². The summed E-state index contributed by atoms with van der Waals surface area (Å²) < 4.78 is 6.13. The molecule has 0 bridgehead atoms. The molecule has 0 atom stereocenters. The number of aromatic carboxylic acids is 1. The predicted octanol–water partition coefficient (Wildman–Crippen LogP) is 3.45. The Bertz CT molecular complexity index is 1590. The predicted molar refractivity (Wildman–Crippen MR) is 144 cm³/mol. The van der Waals surface area contributed by atoms with Crippen LogP contribution in [-0.2, 0) is 11.3 Å². The topological polar surface area (TPSA) is 186 Å². The van der Waals surface area contributed by atoms with E-state index in [1.54, 1.807) is 35.7 Å². The van der Waals surface area contributed by atoms with Crippen LogP contribution in [0, 0.1) is 0 Å². The van der Waals surface area contributed by atoms with Crippen LogP contribution in [0.15, 0.2) is 77.1 Å². The number of esters is 1. The van der Waals surface area contributed by atoms with E-state index >= 15 is 0 Å². The van der Waals surface area contributed by atoms with Crippen molar-refractivity contribution in [2.75, 3.05) is 6.54 Å². The van der Waals surface area contributed by atoms with Gasteiger partial charge in [-0.3, -0.25) is 9.59 Å². The van der Waals surface area contributed by atoms with Crippen molar-refractivity contribution in [3.8, 4) is 5.75 Å². The second kappa shape index (κ2) is 11.4.